The van der Waals surface area contributed by atoms with Gasteiger partial charge in [-0.25, -0.2) is 0 Å². The summed E-state index contributed by atoms with van der Waals surface area (Å²) in [7, 11) is 0. The maximum absolute atomic E-state index is 4.47. The predicted molar refractivity (Wildman–Crippen MR) is 145 cm³/mol. The minimum atomic E-state index is 1.01. The number of hydrogen-bond donors (Lipinski definition) is 0. The van der Waals surface area contributed by atoms with Gasteiger partial charge in [0.25, 0.3) is 0 Å². The smallest absolute Gasteiger partial charge is 0.138 e. The second-order valence-corrected chi connectivity index (χ2v) is 10.3. The van der Waals surface area contributed by atoms with Crippen molar-refractivity contribution in [2.75, 3.05) is 0 Å². The average Bonchev–Trinajstić information content (AvgIpc) is 3.35. The fourth-order valence-electron chi connectivity index (χ4n) is 4.30. The standard InChI is InChI=1S/C30H42N2S/c1-3-5-7-9-10-11-12-14-16-26-19-23-28(24-20-26)30-32-31-29(33-30)27-21-17-25(18-22-27)15-13-8-6-4-2/h17-24H,3-16H2,1-2H3. The van der Waals surface area contributed by atoms with Gasteiger partial charge >= 0.3 is 0 Å². The van der Waals surface area contributed by atoms with Crippen LogP contribution >= 0.6 is 11.3 Å². The third-order valence-corrected chi connectivity index (χ3v) is 7.49. The van der Waals surface area contributed by atoms with Gasteiger partial charge in [0.2, 0.25) is 0 Å². The Hall–Kier alpha value is -2.00. The van der Waals surface area contributed by atoms with E-state index in [1.807, 2.05) is 0 Å². The first-order chi connectivity index (χ1) is 16.3. The predicted octanol–water partition coefficient (Wildman–Crippen LogP) is 9.68. The molecule has 1 heterocycles. The molecule has 0 unspecified atom stereocenters. The van der Waals surface area contributed by atoms with Crippen LogP contribution < -0.4 is 0 Å². The summed E-state index contributed by atoms with van der Waals surface area (Å²) in [5.74, 6) is 0. The lowest BCUT2D eigenvalue weighted by Crippen LogP contribution is -1.87. The van der Waals surface area contributed by atoms with Crippen LogP contribution in [0.3, 0.4) is 0 Å². The molecule has 0 aliphatic rings. The van der Waals surface area contributed by atoms with Gasteiger partial charge in [-0.2, -0.15) is 0 Å². The number of rotatable bonds is 16. The van der Waals surface area contributed by atoms with Gasteiger partial charge in [-0.05, 0) is 36.8 Å². The highest BCUT2D eigenvalue weighted by molar-refractivity contribution is 7.17. The molecular formula is C30H42N2S. The lowest BCUT2D eigenvalue weighted by atomic mass is 10.0. The van der Waals surface area contributed by atoms with E-state index in [0.717, 1.165) is 10.0 Å². The van der Waals surface area contributed by atoms with Crippen LogP contribution in [0.4, 0.5) is 0 Å². The molecule has 0 spiro atoms. The van der Waals surface area contributed by atoms with E-state index in [1.54, 1.807) is 11.3 Å². The van der Waals surface area contributed by atoms with Crippen LogP contribution in [0.25, 0.3) is 21.1 Å². The number of unbranched alkanes of at least 4 members (excludes halogenated alkanes) is 10. The van der Waals surface area contributed by atoms with E-state index in [9.17, 15) is 0 Å². The largest absolute Gasteiger partial charge is 0.148 e. The molecule has 33 heavy (non-hydrogen) atoms. The van der Waals surface area contributed by atoms with E-state index in [-0.39, 0.29) is 0 Å². The number of nitrogens with zero attached hydrogens (tertiary/aromatic N) is 2. The highest BCUT2D eigenvalue weighted by atomic mass is 32.1. The Kier molecular flexibility index (Phi) is 11.7. The van der Waals surface area contributed by atoms with Crippen LogP contribution in [-0.4, -0.2) is 10.2 Å². The van der Waals surface area contributed by atoms with Crippen molar-refractivity contribution in [1.82, 2.24) is 10.2 Å². The zero-order valence-electron chi connectivity index (χ0n) is 20.8. The highest BCUT2D eigenvalue weighted by Gasteiger charge is 2.09. The minimum Gasteiger partial charge on any atom is -0.138 e. The fraction of sp³-hybridized carbons (Fsp3) is 0.533. The normalized spacial score (nSPS) is 11.2. The van der Waals surface area contributed by atoms with Crippen molar-refractivity contribution in [2.45, 2.75) is 104 Å². The molecule has 0 atom stereocenters. The molecule has 0 aliphatic heterocycles. The molecule has 0 bridgehead atoms. The van der Waals surface area contributed by atoms with Crippen LogP contribution in [0.2, 0.25) is 0 Å². The Morgan fingerprint density at radius 1 is 0.485 bits per heavy atom. The first kappa shape index (κ1) is 25.6. The first-order valence-electron chi connectivity index (χ1n) is 13.3. The monoisotopic (exact) mass is 462 g/mol. The van der Waals surface area contributed by atoms with E-state index in [1.165, 1.54) is 112 Å². The van der Waals surface area contributed by atoms with Gasteiger partial charge in [0.15, 0.2) is 0 Å². The zero-order valence-corrected chi connectivity index (χ0v) is 21.6. The summed E-state index contributed by atoms with van der Waals surface area (Å²) in [6, 6.07) is 17.9. The summed E-state index contributed by atoms with van der Waals surface area (Å²) >= 11 is 1.69. The molecule has 0 N–H and O–H groups in total. The fourth-order valence-corrected chi connectivity index (χ4v) is 5.16. The van der Waals surface area contributed by atoms with Crippen molar-refractivity contribution in [3.8, 4) is 21.1 Å². The average molecular weight is 463 g/mol. The van der Waals surface area contributed by atoms with Gasteiger partial charge in [0.1, 0.15) is 10.0 Å². The molecule has 0 fully saturated rings. The minimum absolute atomic E-state index is 1.01. The van der Waals surface area contributed by atoms with Crippen molar-refractivity contribution in [3.05, 3.63) is 59.7 Å². The van der Waals surface area contributed by atoms with E-state index in [0.29, 0.717) is 0 Å². The molecule has 2 aromatic carbocycles. The van der Waals surface area contributed by atoms with Crippen LogP contribution in [0, 0.1) is 0 Å². The second kappa shape index (κ2) is 15.0. The molecule has 178 valence electrons. The van der Waals surface area contributed by atoms with Crippen molar-refractivity contribution in [3.63, 3.8) is 0 Å². The Morgan fingerprint density at radius 3 is 1.27 bits per heavy atom. The summed E-state index contributed by atoms with van der Waals surface area (Å²) in [4.78, 5) is 0. The third kappa shape index (κ3) is 9.04. The van der Waals surface area contributed by atoms with Gasteiger partial charge in [0.05, 0.1) is 0 Å². The number of aromatic nitrogens is 2. The van der Waals surface area contributed by atoms with Gasteiger partial charge in [0, 0.05) is 11.1 Å². The SMILES string of the molecule is CCCCCCCCCCc1ccc(-c2nnc(-c3ccc(CCCCCC)cc3)s2)cc1. The van der Waals surface area contributed by atoms with Crippen molar-refractivity contribution < 1.29 is 0 Å². The maximum Gasteiger partial charge on any atom is 0.148 e. The van der Waals surface area contributed by atoms with Crippen LogP contribution in [0.5, 0.6) is 0 Å². The van der Waals surface area contributed by atoms with E-state index >= 15 is 0 Å². The third-order valence-electron chi connectivity index (χ3n) is 6.46. The second-order valence-electron chi connectivity index (χ2n) is 9.34. The number of hydrogen-bond acceptors (Lipinski definition) is 3. The van der Waals surface area contributed by atoms with Crippen LogP contribution in [-0.2, 0) is 12.8 Å². The summed E-state index contributed by atoms with van der Waals surface area (Å²) in [5, 5.41) is 10.9. The quantitative estimate of drug-likeness (QED) is 0.198. The molecule has 0 aliphatic carbocycles. The van der Waals surface area contributed by atoms with Crippen LogP contribution in [0.1, 0.15) is 102 Å². The maximum atomic E-state index is 4.47. The lowest BCUT2D eigenvalue weighted by molar-refractivity contribution is 0.575. The Labute approximate surface area is 205 Å². The van der Waals surface area contributed by atoms with E-state index in [4.69, 9.17) is 0 Å². The summed E-state index contributed by atoms with van der Waals surface area (Å²) in [6.07, 6.45) is 18.6. The molecular weight excluding hydrogens is 420 g/mol. The highest BCUT2D eigenvalue weighted by Crippen LogP contribution is 2.30. The van der Waals surface area contributed by atoms with Crippen LogP contribution in [0.15, 0.2) is 48.5 Å². The molecule has 3 aromatic rings. The first-order valence-corrected chi connectivity index (χ1v) is 14.1. The molecule has 3 heteroatoms. The number of aryl methyl sites for hydroxylation is 2. The van der Waals surface area contributed by atoms with Gasteiger partial charge in [-0.3, -0.25) is 0 Å². The molecule has 0 saturated heterocycles. The summed E-state index contributed by atoms with van der Waals surface area (Å²) in [5.41, 5.74) is 5.20. The molecule has 3 rings (SSSR count). The van der Waals surface area contributed by atoms with Crippen molar-refractivity contribution in [2.24, 2.45) is 0 Å². The Balaban J connectivity index is 1.44. The van der Waals surface area contributed by atoms with E-state index < -0.39 is 0 Å². The zero-order chi connectivity index (χ0) is 23.1. The summed E-state index contributed by atoms with van der Waals surface area (Å²) < 4.78 is 0. The molecule has 0 amide bonds. The van der Waals surface area contributed by atoms with Gasteiger partial charge in [-0.15, -0.1) is 10.2 Å². The Bertz CT molecular complexity index is 896. The topological polar surface area (TPSA) is 25.8 Å². The molecule has 1 aromatic heterocycles. The Morgan fingerprint density at radius 2 is 0.848 bits per heavy atom. The van der Waals surface area contributed by atoms with E-state index in [2.05, 4.69) is 72.6 Å². The summed E-state index contributed by atoms with van der Waals surface area (Å²) in [6.45, 7) is 4.54. The molecule has 2 nitrogen and oxygen atoms in total. The molecule has 0 radical (unpaired) electrons. The lowest BCUT2D eigenvalue weighted by Gasteiger charge is -2.04. The number of benzene rings is 2. The van der Waals surface area contributed by atoms with Crippen molar-refractivity contribution in [1.29, 1.82) is 0 Å². The van der Waals surface area contributed by atoms with Gasteiger partial charge in [-0.1, -0.05) is 138 Å². The van der Waals surface area contributed by atoms with Gasteiger partial charge < -0.3 is 0 Å². The molecule has 0 saturated carbocycles. The van der Waals surface area contributed by atoms with Crippen molar-refractivity contribution >= 4 is 11.3 Å².